The van der Waals surface area contributed by atoms with Gasteiger partial charge in [-0.15, -0.1) is 0 Å². The van der Waals surface area contributed by atoms with Gasteiger partial charge in [-0.3, -0.25) is 9.59 Å². The number of carbonyl (C=O) groups excluding carboxylic acids is 1. The Kier molecular flexibility index (Phi) is 5.29. The highest BCUT2D eigenvalue weighted by Crippen LogP contribution is 2.18. The summed E-state index contributed by atoms with van der Waals surface area (Å²) in [7, 11) is 1.44. The smallest absolute Gasteiger partial charge is 0.305 e. The number of nitrogens with zero attached hydrogens (tertiary/aromatic N) is 2. The molecule has 0 spiro atoms. The number of aliphatic carboxylic acids is 1. The maximum Gasteiger partial charge on any atom is 0.305 e. The molecule has 0 radical (unpaired) electrons. The molecule has 0 aliphatic rings. The predicted octanol–water partition coefficient (Wildman–Crippen LogP) is 1.42. The molecule has 1 unspecified atom stereocenters. The lowest BCUT2D eigenvalue weighted by Gasteiger charge is -2.27. The summed E-state index contributed by atoms with van der Waals surface area (Å²) in [5, 5.41) is 8.81. The minimum Gasteiger partial charge on any atom is -0.481 e. The first-order chi connectivity index (χ1) is 9.01. The average molecular weight is 266 g/mol. The van der Waals surface area contributed by atoms with E-state index in [2.05, 4.69) is 4.98 Å². The quantitative estimate of drug-likeness (QED) is 0.842. The molecule has 1 atom stereocenters. The van der Waals surface area contributed by atoms with Crippen LogP contribution >= 0.6 is 0 Å². The number of hydrogen-bond acceptors (Lipinski definition) is 4. The molecular weight excluding hydrogens is 248 g/mol. The zero-order chi connectivity index (χ0) is 14.4. The van der Waals surface area contributed by atoms with Gasteiger partial charge in [-0.2, -0.15) is 0 Å². The predicted molar refractivity (Wildman–Crippen MR) is 69.2 cm³/mol. The lowest BCUT2D eigenvalue weighted by Crippen LogP contribution is -2.39. The van der Waals surface area contributed by atoms with Gasteiger partial charge < -0.3 is 14.7 Å². The van der Waals surface area contributed by atoms with Gasteiger partial charge in [-0.05, 0) is 26.0 Å². The van der Waals surface area contributed by atoms with Crippen LogP contribution in [0.25, 0.3) is 0 Å². The number of ether oxygens (including phenoxy) is 1. The third-order valence-corrected chi connectivity index (χ3v) is 2.80. The highest BCUT2D eigenvalue weighted by Gasteiger charge is 2.24. The Morgan fingerprint density at radius 3 is 2.74 bits per heavy atom. The molecule has 1 heterocycles. The van der Waals surface area contributed by atoms with Crippen molar-refractivity contribution in [1.29, 1.82) is 0 Å². The van der Waals surface area contributed by atoms with Crippen LogP contribution in [0, 0.1) is 0 Å². The summed E-state index contributed by atoms with van der Waals surface area (Å²) >= 11 is 0. The molecule has 0 aliphatic heterocycles. The standard InChI is InChI=1S/C13H18N2O4/c1-4-15(9(2)8-11(16)17)13(18)10-6-5-7-14-12(10)19-3/h5-7,9H,4,8H2,1-3H3,(H,16,17). The second-order valence-corrected chi connectivity index (χ2v) is 4.10. The molecule has 1 aromatic heterocycles. The first-order valence-electron chi connectivity index (χ1n) is 6.03. The van der Waals surface area contributed by atoms with E-state index in [0.717, 1.165) is 0 Å². The fourth-order valence-electron chi connectivity index (χ4n) is 1.89. The van der Waals surface area contributed by atoms with Crippen LogP contribution in [0.4, 0.5) is 0 Å². The summed E-state index contributed by atoms with van der Waals surface area (Å²) in [6.45, 7) is 3.93. The number of amides is 1. The zero-order valence-corrected chi connectivity index (χ0v) is 11.3. The van der Waals surface area contributed by atoms with Crippen molar-refractivity contribution in [3.05, 3.63) is 23.9 Å². The number of hydrogen-bond donors (Lipinski definition) is 1. The molecule has 1 N–H and O–H groups in total. The average Bonchev–Trinajstić information content (AvgIpc) is 2.38. The number of carboxylic acids is 1. The first-order valence-corrected chi connectivity index (χ1v) is 6.03. The highest BCUT2D eigenvalue weighted by molar-refractivity contribution is 5.96. The Morgan fingerprint density at radius 1 is 1.53 bits per heavy atom. The van der Waals surface area contributed by atoms with Crippen LogP contribution in [-0.2, 0) is 4.79 Å². The zero-order valence-electron chi connectivity index (χ0n) is 11.3. The third kappa shape index (κ3) is 3.67. The molecule has 1 rings (SSSR count). The van der Waals surface area contributed by atoms with Crippen molar-refractivity contribution in [3.63, 3.8) is 0 Å². The molecule has 19 heavy (non-hydrogen) atoms. The Morgan fingerprint density at radius 2 is 2.21 bits per heavy atom. The van der Waals surface area contributed by atoms with Crippen molar-refractivity contribution < 1.29 is 19.4 Å². The summed E-state index contributed by atoms with van der Waals surface area (Å²) in [4.78, 5) is 28.6. The van der Waals surface area contributed by atoms with Gasteiger partial charge in [0.05, 0.1) is 13.5 Å². The van der Waals surface area contributed by atoms with Gasteiger partial charge in [0.1, 0.15) is 5.56 Å². The fourth-order valence-corrected chi connectivity index (χ4v) is 1.89. The molecule has 6 nitrogen and oxygen atoms in total. The molecule has 0 bridgehead atoms. The summed E-state index contributed by atoms with van der Waals surface area (Å²) in [5.74, 6) is -0.966. The Labute approximate surface area is 112 Å². The Hall–Kier alpha value is -2.11. The van der Waals surface area contributed by atoms with E-state index in [4.69, 9.17) is 9.84 Å². The van der Waals surface area contributed by atoms with E-state index in [1.807, 2.05) is 0 Å². The van der Waals surface area contributed by atoms with Crippen molar-refractivity contribution in [2.45, 2.75) is 26.3 Å². The molecule has 0 saturated carbocycles. The highest BCUT2D eigenvalue weighted by atomic mass is 16.5. The number of aromatic nitrogens is 1. The molecule has 0 saturated heterocycles. The lowest BCUT2D eigenvalue weighted by molar-refractivity contribution is -0.138. The minimum atomic E-state index is -0.933. The van der Waals surface area contributed by atoms with Gasteiger partial charge in [0, 0.05) is 18.8 Å². The van der Waals surface area contributed by atoms with E-state index in [1.165, 1.54) is 18.2 Å². The number of carboxylic acid groups (broad SMARTS) is 1. The van der Waals surface area contributed by atoms with E-state index in [0.29, 0.717) is 12.1 Å². The summed E-state index contributed by atoms with van der Waals surface area (Å²) < 4.78 is 5.05. The van der Waals surface area contributed by atoms with E-state index >= 15 is 0 Å². The summed E-state index contributed by atoms with van der Waals surface area (Å²) in [6.07, 6.45) is 1.44. The number of pyridine rings is 1. The molecule has 1 aromatic rings. The number of carbonyl (C=O) groups is 2. The van der Waals surface area contributed by atoms with Gasteiger partial charge in [0.15, 0.2) is 0 Å². The van der Waals surface area contributed by atoms with Crippen LogP contribution < -0.4 is 4.74 Å². The molecule has 104 valence electrons. The van der Waals surface area contributed by atoms with Crippen LogP contribution in [0.5, 0.6) is 5.88 Å². The molecule has 0 aliphatic carbocycles. The maximum absolute atomic E-state index is 12.4. The fraction of sp³-hybridized carbons (Fsp3) is 0.462. The van der Waals surface area contributed by atoms with Gasteiger partial charge in [-0.1, -0.05) is 0 Å². The normalized spacial score (nSPS) is 11.7. The SMILES string of the molecule is CCN(C(=O)c1cccnc1OC)C(C)CC(=O)O. The second kappa shape index (κ2) is 6.72. The van der Waals surface area contributed by atoms with E-state index in [1.54, 1.807) is 26.0 Å². The topological polar surface area (TPSA) is 79.7 Å². The molecule has 0 aromatic carbocycles. The number of methoxy groups -OCH3 is 1. The van der Waals surface area contributed by atoms with Gasteiger partial charge in [-0.25, -0.2) is 4.98 Å². The van der Waals surface area contributed by atoms with Crippen molar-refractivity contribution >= 4 is 11.9 Å². The monoisotopic (exact) mass is 266 g/mol. The van der Waals surface area contributed by atoms with E-state index in [-0.39, 0.29) is 24.2 Å². The van der Waals surface area contributed by atoms with E-state index < -0.39 is 5.97 Å². The van der Waals surface area contributed by atoms with Crippen LogP contribution in [0.1, 0.15) is 30.6 Å². The Balaban J connectivity index is 2.98. The summed E-state index contributed by atoms with van der Waals surface area (Å²) in [6, 6.07) is 2.87. The second-order valence-electron chi connectivity index (χ2n) is 4.10. The van der Waals surface area contributed by atoms with Crippen molar-refractivity contribution in [1.82, 2.24) is 9.88 Å². The van der Waals surface area contributed by atoms with Gasteiger partial charge in [0.25, 0.3) is 5.91 Å². The largest absolute Gasteiger partial charge is 0.481 e. The molecular formula is C13H18N2O4. The summed E-state index contributed by atoms with van der Waals surface area (Å²) in [5.41, 5.74) is 0.337. The van der Waals surface area contributed by atoms with Crippen LogP contribution in [0.2, 0.25) is 0 Å². The van der Waals surface area contributed by atoms with Crippen molar-refractivity contribution in [2.75, 3.05) is 13.7 Å². The third-order valence-electron chi connectivity index (χ3n) is 2.80. The van der Waals surface area contributed by atoms with Crippen LogP contribution in [-0.4, -0.2) is 46.6 Å². The van der Waals surface area contributed by atoms with Crippen LogP contribution in [0.3, 0.4) is 0 Å². The molecule has 6 heteroatoms. The van der Waals surface area contributed by atoms with Crippen molar-refractivity contribution in [2.24, 2.45) is 0 Å². The lowest BCUT2D eigenvalue weighted by atomic mass is 10.1. The maximum atomic E-state index is 12.4. The molecule has 0 fully saturated rings. The van der Waals surface area contributed by atoms with Crippen molar-refractivity contribution in [3.8, 4) is 5.88 Å². The van der Waals surface area contributed by atoms with Gasteiger partial charge >= 0.3 is 5.97 Å². The van der Waals surface area contributed by atoms with Gasteiger partial charge in [0.2, 0.25) is 5.88 Å². The molecule has 1 amide bonds. The minimum absolute atomic E-state index is 0.0951. The van der Waals surface area contributed by atoms with Crippen LogP contribution in [0.15, 0.2) is 18.3 Å². The Bertz CT molecular complexity index is 462. The number of rotatable bonds is 6. The van der Waals surface area contributed by atoms with E-state index in [9.17, 15) is 9.59 Å². The first kappa shape index (κ1) is 14.9.